The first-order chi connectivity index (χ1) is 11.8. The van der Waals surface area contributed by atoms with Crippen LogP contribution in [0, 0.1) is 4.91 Å². The molecule has 1 amide bonds. The highest BCUT2D eigenvalue weighted by Crippen LogP contribution is 2.22. The highest BCUT2D eigenvalue weighted by atomic mass is 79.9. The summed E-state index contributed by atoms with van der Waals surface area (Å²) in [7, 11) is 0. The minimum absolute atomic E-state index is 0.0234. The van der Waals surface area contributed by atoms with Crippen molar-refractivity contribution in [2.45, 2.75) is 26.2 Å². The molecule has 1 N–H and O–H groups in total. The lowest BCUT2D eigenvalue weighted by atomic mass is 9.87. The van der Waals surface area contributed by atoms with Gasteiger partial charge in [-0.1, -0.05) is 72.2 Å². The number of nitroso groups, excluding NO2 is 1. The van der Waals surface area contributed by atoms with E-state index < -0.39 is 0 Å². The molecule has 0 aliphatic rings. The summed E-state index contributed by atoms with van der Waals surface area (Å²) in [5.74, 6) is -0.337. The van der Waals surface area contributed by atoms with Gasteiger partial charge in [-0.15, -0.1) is 0 Å². The molecule has 0 spiro atoms. The molecule has 0 bridgehead atoms. The lowest BCUT2D eigenvalue weighted by molar-refractivity contribution is 0.0955. The zero-order chi connectivity index (χ0) is 18.4. The maximum Gasteiger partial charge on any atom is 0.271 e. The molecule has 2 aromatic carbocycles. The van der Waals surface area contributed by atoms with E-state index >= 15 is 0 Å². The third-order valence-corrected chi connectivity index (χ3v) is 4.40. The summed E-state index contributed by atoms with van der Waals surface area (Å²) >= 11 is 3.41. The molecule has 0 aromatic heterocycles. The molecule has 0 saturated heterocycles. The molecule has 0 aliphatic heterocycles. The molecule has 6 heteroatoms. The first-order valence-electron chi connectivity index (χ1n) is 7.84. The van der Waals surface area contributed by atoms with Gasteiger partial charge in [0.25, 0.3) is 5.91 Å². The Morgan fingerprint density at radius 2 is 1.72 bits per heavy atom. The van der Waals surface area contributed by atoms with Crippen LogP contribution < -0.4 is 5.43 Å². The highest BCUT2D eigenvalue weighted by Gasteiger charge is 2.14. The predicted octanol–water partition coefficient (Wildman–Crippen LogP) is 4.65. The monoisotopic (exact) mass is 401 g/mol. The van der Waals surface area contributed by atoms with Crippen LogP contribution in [0.15, 0.2) is 63.3 Å². The number of hydrazone groups is 1. The average molecular weight is 402 g/mol. The number of amides is 1. The quantitative estimate of drug-likeness (QED) is 0.449. The number of hydrogen-bond donors (Lipinski definition) is 1. The number of nitrogens with one attached hydrogen (secondary N) is 1. The number of hydrogen-bond acceptors (Lipinski definition) is 4. The maximum absolute atomic E-state index is 12.3. The topological polar surface area (TPSA) is 70.9 Å². The predicted molar refractivity (Wildman–Crippen MR) is 104 cm³/mol. The van der Waals surface area contributed by atoms with E-state index in [1.807, 2.05) is 30.3 Å². The summed E-state index contributed by atoms with van der Waals surface area (Å²) in [6, 6.07) is 14.7. The Labute approximate surface area is 155 Å². The van der Waals surface area contributed by atoms with Crippen molar-refractivity contribution in [1.82, 2.24) is 5.43 Å². The molecule has 5 nitrogen and oxygen atoms in total. The molecule has 130 valence electrons. The van der Waals surface area contributed by atoms with E-state index in [1.54, 1.807) is 18.2 Å². The largest absolute Gasteiger partial charge is 0.271 e. The number of nitrogens with zero attached hydrogens (tertiary/aromatic N) is 2. The van der Waals surface area contributed by atoms with Crippen LogP contribution in [0.1, 0.15) is 42.3 Å². The zero-order valence-electron chi connectivity index (χ0n) is 14.4. The average Bonchev–Trinajstić information content (AvgIpc) is 2.58. The van der Waals surface area contributed by atoms with Crippen LogP contribution in [0.25, 0.3) is 0 Å². The Balaban J connectivity index is 2.19. The van der Waals surface area contributed by atoms with Gasteiger partial charge in [-0.05, 0) is 29.2 Å². The second-order valence-corrected chi connectivity index (χ2v) is 7.45. The summed E-state index contributed by atoms with van der Waals surface area (Å²) in [6.45, 7) is 6.21. The summed E-state index contributed by atoms with van der Waals surface area (Å²) < 4.78 is 0.779. The third kappa shape index (κ3) is 5.06. The molecule has 0 fully saturated rings. The summed E-state index contributed by atoms with van der Waals surface area (Å²) in [6.07, 6.45) is 0. The second-order valence-electron chi connectivity index (χ2n) is 6.59. The van der Waals surface area contributed by atoms with Crippen LogP contribution in [0.2, 0.25) is 0 Å². The van der Waals surface area contributed by atoms with Crippen LogP contribution in [-0.4, -0.2) is 18.2 Å². The van der Waals surface area contributed by atoms with Gasteiger partial charge in [0.1, 0.15) is 6.54 Å². The fourth-order valence-corrected chi connectivity index (χ4v) is 2.76. The van der Waals surface area contributed by atoms with Gasteiger partial charge in [0.05, 0.1) is 5.71 Å². The number of rotatable bonds is 5. The maximum atomic E-state index is 12.3. The Hall–Kier alpha value is -2.34. The zero-order valence-corrected chi connectivity index (χ0v) is 16.0. The smallest absolute Gasteiger partial charge is 0.267 e. The van der Waals surface area contributed by atoms with Crippen molar-refractivity contribution in [3.05, 3.63) is 74.6 Å². The molecule has 2 aromatic rings. The molecule has 0 unspecified atom stereocenters. The second kappa shape index (κ2) is 8.16. The van der Waals surface area contributed by atoms with Crippen LogP contribution in [-0.2, 0) is 5.41 Å². The molecular formula is C19H20BrN3O2. The number of carbonyl (C=O) groups excluding carboxylic acids is 1. The Morgan fingerprint density at radius 3 is 2.28 bits per heavy atom. The van der Waals surface area contributed by atoms with Gasteiger partial charge >= 0.3 is 0 Å². The van der Waals surface area contributed by atoms with Crippen LogP contribution in [0.5, 0.6) is 0 Å². The van der Waals surface area contributed by atoms with Crippen LogP contribution in [0.3, 0.4) is 0 Å². The first kappa shape index (κ1) is 19.0. The van der Waals surface area contributed by atoms with Gasteiger partial charge < -0.3 is 0 Å². The molecule has 0 aliphatic carbocycles. The van der Waals surface area contributed by atoms with Crippen molar-refractivity contribution in [3.8, 4) is 0 Å². The van der Waals surface area contributed by atoms with Crippen molar-refractivity contribution in [3.63, 3.8) is 0 Å². The van der Waals surface area contributed by atoms with E-state index in [9.17, 15) is 9.70 Å². The van der Waals surface area contributed by atoms with Crippen LogP contribution in [0.4, 0.5) is 0 Å². The molecule has 0 saturated carbocycles. The summed E-state index contributed by atoms with van der Waals surface area (Å²) in [4.78, 5) is 23.0. The van der Waals surface area contributed by atoms with E-state index in [0.29, 0.717) is 16.8 Å². The number of carbonyl (C=O) groups is 1. The van der Waals surface area contributed by atoms with Gasteiger partial charge in [0, 0.05) is 15.6 Å². The summed E-state index contributed by atoms with van der Waals surface area (Å²) in [5.41, 5.74) is 5.27. The van der Waals surface area contributed by atoms with Crippen molar-refractivity contribution < 1.29 is 4.79 Å². The Morgan fingerprint density at radius 1 is 1.08 bits per heavy atom. The molecule has 25 heavy (non-hydrogen) atoms. The minimum atomic E-state index is -0.337. The molecular weight excluding hydrogens is 382 g/mol. The fourth-order valence-electron chi connectivity index (χ4n) is 2.24. The SMILES string of the molecule is CC(C)(C)c1ccc(C(=O)NN=C(CN=O)c2ccccc2Br)cc1. The molecule has 0 radical (unpaired) electrons. The van der Waals surface area contributed by atoms with E-state index in [2.05, 4.69) is 52.4 Å². The van der Waals surface area contributed by atoms with Gasteiger partial charge in [0.15, 0.2) is 0 Å². The van der Waals surface area contributed by atoms with Gasteiger partial charge in [0.2, 0.25) is 0 Å². The Kier molecular flexibility index (Phi) is 6.20. The van der Waals surface area contributed by atoms with E-state index in [0.717, 1.165) is 10.0 Å². The lowest BCUT2D eigenvalue weighted by Crippen LogP contribution is -2.21. The lowest BCUT2D eigenvalue weighted by Gasteiger charge is -2.18. The minimum Gasteiger partial charge on any atom is -0.267 e. The number of benzene rings is 2. The third-order valence-electron chi connectivity index (χ3n) is 3.70. The molecule has 0 heterocycles. The van der Waals surface area contributed by atoms with Crippen molar-refractivity contribution in [2.24, 2.45) is 10.3 Å². The highest BCUT2D eigenvalue weighted by molar-refractivity contribution is 9.10. The van der Waals surface area contributed by atoms with Crippen molar-refractivity contribution in [1.29, 1.82) is 0 Å². The Bertz CT molecular complexity index is 793. The van der Waals surface area contributed by atoms with E-state index in [-0.39, 0.29) is 17.9 Å². The standard InChI is InChI=1S/C19H20BrN3O2/c1-19(2,3)14-10-8-13(9-11-14)18(24)23-22-17(12-21-25)15-6-4-5-7-16(15)20/h4-11H,12H2,1-3H3,(H,23,24). The summed E-state index contributed by atoms with van der Waals surface area (Å²) in [5, 5.41) is 6.98. The van der Waals surface area contributed by atoms with Crippen LogP contribution >= 0.6 is 15.9 Å². The van der Waals surface area contributed by atoms with E-state index in [1.165, 1.54) is 0 Å². The van der Waals surface area contributed by atoms with Gasteiger partial charge in [-0.25, -0.2) is 5.43 Å². The van der Waals surface area contributed by atoms with Gasteiger partial charge in [-0.3, -0.25) is 4.79 Å². The van der Waals surface area contributed by atoms with Crippen molar-refractivity contribution >= 4 is 27.5 Å². The number of halogens is 1. The normalized spacial score (nSPS) is 11.9. The fraction of sp³-hybridized carbons (Fsp3) is 0.263. The van der Waals surface area contributed by atoms with E-state index in [4.69, 9.17) is 0 Å². The molecule has 0 atom stereocenters. The van der Waals surface area contributed by atoms with Gasteiger partial charge in [-0.2, -0.15) is 10.0 Å². The first-order valence-corrected chi connectivity index (χ1v) is 8.63. The van der Waals surface area contributed by atoms with Crippen molar-refractivity contribution in [2.75, 3.05) is 6.54 Å². The molecule has 2 rings (SSSR count).